The van der Waals surface area contributed by atoms with Crippen LogP contribution in [0.2, 0.25) is 0 Å². The summed E-state index contributed by atoms with van der Waals surface area (Å²) in [4.78, 5) is 25.6. The Bertz CT molecular complexity index is 1140. The largest absolute Gasteiger partial charge is 0.345 e. The van der Waals surface area contributed by atoms with Crippen molar-refractivity contribution in [2.24, 2.45) is 0 Å². The average Bonchev–Trinajstić information content (AvgIpc) is 2.81. The number of amides is 1. The number of benzene rings is 3. The Morgan fingerprint density at radius 3 is 1.64 bits per heavy atom. The van der Waals surface area contributed by atoms with E-state index < -0.39 is 0 Å². The van der Waals surface area contributed by atoms with Crippen LogP contribution in [0.4, 0.5) is 34.9 Å². The van der Waals surface area contributed by atoms with Crippen LogP contribution in [0.25, 0.3) is 0 Å². The molecule has 4 rings (SSSR count). The van der Waals surface area contributed by atoms with Crippen molar-refractivity contribution in [3.05, 3.63) is 90.0 Å². The molecule has 3 aromatic carbocycles. The highest BCUT2D eigenvalue weighted by Gasteiger charge is 2.10. The zero-order valence-electron chi connectivity index (χ0n) is 18.5. The van der Waals surface area contributed by atoms with E-state index in [1.807, 2.05) is 92.7 Å². The molecule has 0 aliphatic heterocycles. The first kappa shape index (κ1) is 21.8. The fourth-order valence-corrected chi connectivity index (χ4v) is 2.98. The monoisotopic (exact) mass is 439 g/mol. The molecule has 4 N–H and O–H groups in total. The molecule has 0 bridgehead atoms. The lowest BCUT2D eigenvalue weighted by molar-refractivity contribution is -0.114. The molecule has 1 amide bonds. The van der Waals surface area contributed by atoms with E-state index in [0.717, 1.165) is 28.2 Å². The predicted octanol–water partition coefficient (Wildman–Crippen LogP) is 5.03. The van der Waals surface area contributed by atoms with E-state index in [1.54, 1.807) is 0 Å². The van der Waals surface area contributed by atoms with Gasteiger partial charge in [0.15, 0.2) is 0 Å². The normalized spacial score (nSPS) is 10.4. The average molecular weight is 440 g/mol. The quantitative estimate of drug-likeness (QED) is 0.305. The fourth-order valence-electron chi connectivity index (χ4n) is 2.98. The highest BCUT2D eigenvalue weighted by atomic mass is 16.1. The third kappa shape index (κ3) is 6.51. The first-order valence-electron chi connectivity index (χ1n) is 10.6. The summed E-state index contributed by atoms with van der Waals surface area (Å²) in [7, 11) is 0. The number of aromatic nitrogens is 3. The molecular formula is C25H25N7O. The Hall–Kier alpha value is -4.46. The molecule has 0 radical (unpaired) electrons. The fraction of sp³-hybridized carbons (Fsp3) is 0.120. The van der Waals surface area contributed by atoms with Gasteiger partial charge in [0.2, 0.25) is 23.8 Å². The van der Waals surface area contributed by atoms with Gasteiger partial charge in [-0.2, -0.15) is 15.0 Å². The van der Waals surface area contributed by atoms with Crippen molar-refractivity contribution in [3.63, 3.8) is 0 Å². The van der Waals surface area contributed by atoms with Crippen molar-refractivity contribution in [2.45, 2.75) is 13.8 Å². The number of aryl methyl sites for hydroxylation is 2. The standard InChI is InChI=1S/C25H25N7O/c1-17-8-12-20(13-9-17)28-24-30-23(26-16-22(33)27-19-6-4-3-5-7-19)31-25(32-24)29-21-14-10-18(2)11-15-21/h3-15H,16H2,1-2H3,(H,27,33)(H3,26,28,29,30,31,32). The number of carbonyl (C=O) groups excluding carboxylic acids is 1. The predicted molar refractivity (Wildman–Crippen MR) is 132 cm³/mol. The van der Waals surface area contributed by atoms with Gasteiger partial charge in [0.1, 0.15) is 0 Å². The van der Waals surface area contributed by atoms with Gasteiger partial charge in [0.05, 0.1) is 6.54 Å². The first-order valence-corrected chi connectivity index (χ1v) is 10.6. The maximum absolute atomic E-state index is 12.3. The van der Waals surface area contributed by atoms with Gasteiger partial charge in [-0.05, 0) is 50.2 Å². The Labute approximate surface area is 192 Å². The molecule has 0 aliphatic rings. The summed E-state index contributed by atoms with van der Waals surface area (Å²) in [6.45, 7) is 4.06. The number of nitrogens with zero attached hydrogens (tertiary/aromatic N) is 3. The van der Waals surface area contributed by atoms with E-state index in [2.05, 4.69) is 36.2 Å². The minimum absolute atomic E-state index is 0.00680. The second-order valence-corrected chi connectivity index (χ2v) is 7.56. The van der Waals surface area contributed by atoms with E-state index in [4.69, 9.17) is 0 Å². The van der Waals surface area contributed by atoms with Gasteiger partial charge in [-0.25, -0.2) is 0 Å². The van der Waals surface area contributed by atoms with Gasteiger partial charge in [0.25, 0.3) is 0 Å². The summed E-state index contributed by atoms with van der Waals surface area (Å²) in [5, 5.41) is 12.2. The molecule has 0 saturated heterocycles. The molecule has 33 heavy (non-hydrogen) atoms. The molecule has 0 atom stereocenters. The second-order valence-electron chi connectivity index (χ2n) is 7.56. The Morgan fingerprint density at radius 1 is 0.636 bits per heavy atom. The smallest absolute Gasteiger partial charge is 0.243 e. The van der Waals surface area contributed by atoms with E-state index >= 15 is 0 Å². The molecule has 0 aliphatic carbocycles. The highest BCUT2D eigenvalue weighted by Crippen LogP contribution is 2.19. The van der Waals surface area contributed by atoms with Crippen molar-refractivity contribution in [3.8, 4) is 0 Å². The Morgan fingerprint density at radius 2 is 1.12 bits per heavy atom. The molecule has 0 spiro atoms. The number of hydrogen-bond donors (Lipinski definition) is 4. The number of anilines is 6. The van der Waals surface area contributed by atoms with Crippen LogP contribution in [0, 0.1) is 13.8 Å². The minimum Gasteiger partial charge on any atom is -0.345 e. The molecule has 1 heterocycles. The van der Waals surface area contributed by atoms with E-state index in [9.17, 15) is 4.79 Å². The Kier molecular flexibility index (Phi) is 6.75. The van der Waals surface area contributed by atoms with Crippen LogP contribution < -0.4 is 21.3 Å². The lowest BCUT2D eigenvalue weighted by atomic mass is 10.2. The highest BCUT2D eigenvalue weighted by molar-refractivity contribution is 5.93. The zero-order chi connectivity index (χ0) is 23.0. The second kappa shape index (κ2) is 10.2. The third-order valence-electron chi connectivity index (χ3n) is 4.72. The Balaban J connectivity index is 1.51. The number of hydrogen-bond acceptors (Lipinski definition) is 7. The summed E-state index contributed by atoms with van der Waals surface area (Å²) in [5.41, 5.74) is 4.74. The van der Waals surface area contributed by atoms with Crippen LogP contribution in [0.3, 0.4) is 0 Å². The van der Waals surface area contributed by atoms with Crippen LogP contribution >= 0.6 is 0 Å². The minimum atomic E-state index is -0.206. The summed E-state index contributed by atoms with van der Waals surface area (Å²) in [6.07, 6.45) is 0. The van der Waals surface area contributed by atoms with Gasteiger partial charge >= 0.3 is 0 Å². The number of rotatable bonds is 8. The maximum Gasteiger partial charge on any atom is 0.243 e. The van der Waals surface area contributed by atoms with Gasteiger partial charge in [0, 0.05) is 17.1 Å². The van der Waals surface area contributed by atoms with Gasteiger partial charge in [-0.1, -0.05) is 53.6 Å². The summed E-state index contributed by atoms with van der Waals surface area (Å²) in [6, 6.07) is 25.1. The van der Waals surface area contributed by atoms with Gasteiger partial charge in [-0.3, -0.25) is 4.79 Å². The number of para-hydroxylation sites is 1. The van der Waals surface area contributed by atoms with Crippen LogP contribution in [0.5, 0.6) is 0 Å². The van der Waals surface area contributed by atoms with E-state index in [1.165, 1.54) is 0 Å². The van der Waals surface area contributed by atoms with Gasteiger partial charge < -0.3 is 21.3 Å². The van der Waals surface area contributed by atoms with Crippen LogP contribution in [0.15, 0.2) is 78.9 Å². The molecule has 4 aromatic rings. The first-order chi connectivity index (χ1) is 16.0. The molecule has 0 fully saturated rings. The molecule has 8 heteroatoms. The van der Waals surface area contributed by atoms with Crippen molar-refractivity contribution < 1.29 is 4.79 Å². The summed E-state index contributed by atoms with van der Waals surface area (Å²) >= 11 is 0. The molecule has 0 unspecified atom stereocenters. The number of nitrogens with one attached hydrogen (secondary N) is 4. The van der Waals surface area contributed by atoms with Crippen LogP contribution in [-0.2, 0) is 4.79 Å². The van der Waals surface area contributed by atoms with Crippen molar-refractivity contribution in [1.82, 2.24) is 15.0 Å². The maximum atomic E-state index is 12.3. The lowest BCUT2D eigenvalue weighted by Gasteiger charge is -2.12. The van der Waals surface area contributed by atoms with E-state index in [0.29, 0.717) is 11.9 Å². The van der Waals surface area contributed by atoms with Gasteiger partial charge in [-0.15, -0.1) is 0 Å². The molecule has 8 nitrogen and oxygen atoms in total. The molecule has 1 aromatic heterocycles. The summed E-state index contributed by atoms with van der Waals surface area (Å²) in [5.74, 6) is 0.781. The molecular weight excluding hydrogens is 414 g/mol. The number of carbonyl (C=O) groups is 1. The van der Waals surface area contributed by atoms with Crippen molar-refractivity contribution in [2.75, 3.05) is 27.8 Å². The lowest BCUT2D eigenvalue weighted by Crippen LogP contribution is -2.23. The molecule has 166 valence electrons. The van der Waals surface area contributed by atoms with E-state index in [-0.39, 0.29) is 18.4 Å². The zero-order valence-corrected chi connectivity index (χ0v) is 18.5. The molecule has 0 saturated carbocycles. The van der Waals surface area contributed by atoms with Crippen LogP contribution in [0.1, 0.15) is 11.1 Å². The third-order valence-corrected chi connectivity index (χ3v) is 4.72. The summed E-state index contributed by atoms with van der Waals surface area (Å²) < 4.78 is 0. The van der Waals surface area contributed by atoms with Crippen LogP contribution in [-0.4, -0.2) is 27.4 Å². The van der Waals surface area contributed by atoms with Crippen molar-refractivity contribution >= 4 is 40.8 Å². The topological polar surface area (TPSA) is 104 Å². The van der Waals surface area contributed by atoms with Crippen molar-refractivity contribution in [1.29, 1.82) is 0 Å². The SMILES string of the molecule is Cc1ccc(Nc2nc(NCC(=O)Nc3ccccc3)nc(Nc3ccc(C)cc3)n2)cc1.